The normalized spacial score (nSPS) is 19.8. The Kier molecular flexibility index (Phi) is 3.01. The van der Waals surface area contributed by atoms with E-state index >= 15 is 0 Å². The van der Waals surface area contributed by atoms with Crippen LogP contribution in [0.1, 0.15) is 12.5 Å². The number of hydrogen-bond acceptors (Lipinski definition) is 4. The number of anilines is 1. The Morgan fingerprint density at radius 2 is 2.06 bits per heavy atom. The summed E-state index contributed by atoms with van der Waals surface area (Å²) in [5.74, 6) is -0.677. The number of fused-ring (bicyclic) bond motifs is 1. The van der Waals surface area contributed by atoms with Gasteiger partial charge in [0.1, 0.15) is 5.71 Å². The van der Waals surface area contributed by atoms with Gasteiger partial charge in [-0.2, -0.15) is 0 Å². The van der Waals surface area contributed by atoms with Crippen LogP contribution in [0.2, 0.25) is 0 Å². The minimum absolute atomic E-state index is 0.181. The molecule has 94 valence electrons. The Labute approximate surface area is 104 Å². The minimum Gasteiger partial charge on any atom is -0.411 e. The van der Waals surface area contributed by atoms with E-state index in [0.29, 0.717) is 11.3 Å². The first-order valence-electron chi connectivity index (χ1n) is 5.44. The van der Waals surface area contributed by atoms with Crippen molar-refractivity contribution in [3.05, 3.63) is 29.8 Å². The molecular formula is C12H13N3O3. The van der Waals surface area contributed by atoms with Crippen LogP contribution in [0.3, 0.4) is 0 Å². The fourth-order valence-electron chi connectivity index (χ4n) is 2.15. The molecule has 0 saturated heterocycles. The molecule has 2 N–H and O–H groups in total. The number of hydrogen-bond donors (Lipinski definition) is 2. The van der Waals surface area contributed by atoms with Gasteiger partial charge in [-0.05, 0) is 6.07 Å². The second-order valence-corrected chi connectivity index (χ2v) is 3.91. The number of rotatable bonds is 1. The van der Waals surface area contributed by atoms with E-state index in [1.54, 1.807) is 24.3 Å². The molecule has 1 aliphatic heterocycles. The molecule has 1 aliphatic rings. The van der Waals surface area contributed by atoms with Gasteiger partial charge in [-0.3, -0.25) is 14.5 Å². The van der Waals surface area contributed by atoms with Crippen molar-refractivity contribution < 1.29 is 14.8 Å². The Morgan fingerprint density at radius 1 is 1.39 bits per heavy atom. The minimum atomic E-state index is -0.921. The average Bonchev–Trinajstić information content (AvgIpc) is 2.72. The highest BCUT2D eigenvalue weighted by atomic mass is 16.4. The van der Waals surface area contributed by atoms with E-state index in [1.165, 1.54) is 18.9 Å². The average molecular weight is 247 g/mol. The van der Waals surface area contributed by atoms with Gasteiger partial charge in [0.15, 0.2) is 6.04 Å². The summed E-state index contributed by atoms with van der Waals surface area (Å²) in [6.45, 7) is 1.37. The van der Waals surface area contributed by atoms with Gasteiger partial charge in [-0.1, -0.05) is 23.4 Å². The molecule has 0 saturated carbocycles. The van der Waals surface area contributed by atoms with Crippen LogP contribution in [-0.4, -0.2) is 35.8 Å². The van der Waals surface area contributed by atoms with Crippen LogP contribution < -0.4 is 10.2 Å². The molecule has 0 bridgehead atoms. The van der Waals surface area contributed by atoms with Crippen molar-refractivity contribution in [2.45, 2.75) is 13.0 Å². The Balaban J connectivity index is 2.62. The third-order valence-corrected chi connectivity index (χ3v) is 2.90. The number of nitrogens with zero attached hydrogens (tertiary/aromatic N) is 2. The maximum absolute atomic E-state index is 11.9. The van der Waals surface area contributed by atoms with E-state index in [9.17, 15) is 9.59 Å². The second kappa shape index (κ2) is 4.48. The predicted molar refractivity (Wildman–Crippen MR) is 65.8 cm³/mol. The van der Waals surface area contributed by atoms with Gasteiger partial charge in [-0.25, -0.2) is 0 Å². The summed E-state index contributed by atoms with van der Waals surface area (Å²) in [4.78, 5) is 24.9. The number of carbonyl (C=O) groups excluding carboxylic acids is 2. The lowest BCUT2D eigenvalue weighted by Gasteiger charge is -2.22. The van der Waals surface area contributed by atoms with E-state index in [1.807, 2.05) is 0 Å². The van der Waals surface area contributed by atoms with Crippen molar-refractivity contribution in [2.24, 2.45) is 5.16 Å². The van der Waals surface area contributed by atoms with Gasteiger partial charge >= 0.3 is 0 Å². The van der Waals surface area contributed by atoms with Crippen molar-refractivity contribution >= 4 is 23.2 Å². The lowest BCUT2D eigenvalue weighted by molar-refractivity contribution is -0.123. The monoisotopic (exact) mass is 247 g/mol. The molecule has 0 aromatic heterocycles. The molecule has 2 amide bonds. The molecular weight excluding hydrogens is 234 g/mol. The van der Waals surface area contributed by atoms with Crippen LogP contribution in [0.15, 0.2) is 29.4 Å². The van der Waals surface area contributed by atoms with Gasteiger partial charge in [0.2, 0.25) is 11.8 Å². The first-order valence-corrected chi connectivity index (χ1v) is 5.44. The number of oxime groups is 1. The summed E-state index contributed by atoms with van der Waals surface area (Å²) < 4.78 is 0. The van der Waals surface area contributed by atoms with E-state index < -0.39 is 11.9 Å². The van der Waals surface area contributed by atoms with Gasteiger partial charge in [0, 0.05) is 19.5 Å². The summed E-state index contributed by atoms with van der Waals surface area (Å²) in [7, 11) is 1.47. The summed E-state index contributed by atoms with van der Waals surface area (Å²) in [6, 6.07) is 6.02. The molecule has 1 heterocycles. The number of amides is 2. The van der Waals surface area contributed by atoms with Gasteiger partial charge in [0.25, 0.3) is 0 Å². The number of likely N-dealkylation sites (N-methyl/N-ethyl adjacent to an activating group) is 1. The third kappa shape index (κ3) is 1.62. The fraction of sp³-hybridized carbons (Fsp3) is 0.250. The van der Waals surface area contributed by atoms with Crippen LogP contribution in [0.4, 0.5) is 5.69 Å². The zero-order valence-electron chi connectivity index (χ0n) is 10.0. The summed E-state index contributed by atoms with van der Waals surface area (Å²) in [5.41, 5.74) is 1.34. The molecule has 0 aliphatic carbocycles. The Hall–Kier alpha value is -2.37. The Morgan fingerprint density at radius 3 is 2.61 bits per heavy atom. The molecule has 0 spiro atoms. The molecule has 6 nitrogen and oxygen atoms in total. The highest BCUT2D eigenvalue weighted by Crippen LogP contribution is 2.32. The zero-order valence-corrected chi connectivity index (χ0v) is 10.0. The number of carbonyl (C=O) groups is 2. The molecule has 0 radical (unpaired) electrons. The van der Waals surface area contributed by atoms with Crippen LogP contribution in [0.25, 0.3) is 0 Å². The van der Waals surface area contributed by atoms with Crippen LogP contribution in [0, 0.1) is 0 Å². The molecule has 1 unspecified atom stereocenters. The number of benzene rings is 1. The first-order chi connectivity index (χ1) is 8.61. The smallest absolute Gasteiger partial charge is 0.249 e. The van der Waals surface area contributed by atoms with Crippen molar-refractivity contribution in [2.75, 3.05) is 11.9 Å². The lowest BCUT2D eigenvalue weighted by Crippen LogP contribution is -2.49. The lowest BCUT2D eigenvalue weighted by atomic mass is 10.1. The third-order valence-electron chi connectivity index (χ3n) is 2.90. The number of para-hydroxylation sites is 1. The molecule has 18 heavy (non-hydrogen) atoms. The summed E-state index contributed by atoms with van der Waals surface area (Å²) in [5, 5.41) is 14.7. The van der Waals surface area contributed by atoms with Crippen LogP contribution in [-0.2, 0) is 9.59 Å². The first kappa shape index (κ1) is 12.1. The maximum atomic E-state index is 11.9. The standard InChI is InChI=1S/C12H13N3O3/c1-7(16)15-9-6-4-3-5-8(9)10(14-18)11(15)12(17)13-2/h3-6,11,18H,1-2H3,(H,13,17)/b14-10+. The SMILES string of the molecule is CNC(=O)C1/C(=N/O)c2ccccc2N1C(C)=O. The summed E-state index contributed by atoms with van der Waals surface area (Å²) >= 11 is 0. The molecule has 6 heteroatoms. The van der Waals surface area contributed by atoms with Gasteiger partial charge < -0.3 is 10.5 Å². The van der Waals surface area contributed by atoms with Crippen LogP contribution >= 0.6 is 0 Å². The maximum Gasteiger partial charge on any atom is 0.249 e. The molecule has 1 atom stereocenters. The predicted octanol–water partition coefficient (Wildman–Crippen LogP) is 0.346. The van der Waals surface area contributed by atoms with E-state index in [-0.39, 0.29) is 11.6 Å². The highest BCUT2D eigenvalue weighted by Gasteiger charge is 2.42. The fourth-order valence-corrected chi connectivity index (χ4v) is 2.15. The molecule has 2 rings (SSSR count). The van der Waals surface area contributed by atoms with Crippen molar-refractivity contribution in [1.29, 1.82) is 0 Å². The molecule has 1 aromatic rings. The van der Waals surface area contributed by atoms with Crippen molar-refractivity contribution in [3.8, 4) is 0 Å². The zero-order chi connectivity index (χ0) is 13.3. The van der Waals surface area contributed by atoms with Crippen molar-refractivity contribution in [1.82, 2.24) is 5.32 Å². The van der Waals surface area contributed by atoms with Gasteiger partial charge in [0.05, 0.1) is 5.69 Å². The van der Waals surface area contributed by atoms with E-state index in [2.05, 4.69) is 10.5 Å². The Bertz CT molecular complexity index is 539. The van der Waals surface area contributed by atoms with E-state index in [0.717, 1.165) is 0 Å². The van der Waals surface area contributed by atoms with Crippen molar-refractivity contribution in [3.63, 3.8) is 0 Å². The summed E-state index contributed by atoms with van der Waals surface area (Å²) in [6.07, 6.45) is 0. The largest absolute Gasteiger partial charge is 0.411 e. The van der Waals surface area contributed by atoms with E-state index in [4.69, 9.17) is 5.21 Å². The molecule has 1 aromatic carbocycles. The van der Waals surface area contributed by atoms with Gasteiger partial charge in [-0.15, -0.1) is 0 Å². The second-order valence-electron chi connectivity index (χ2n) is 3.91. The van der Waals surface area contributed by atoms with Crippen LogP contribution in [0.5, 0.6) is 0 Å². The number of nitrogens with one attached hydrogen (secondary N) is 1. The quantitative estimate of drug-likeness (QED) is 0.554. The topological polar surface area (TPSA) is 82.0 Å². The molecule has 0 fully saturated rings. The highest BCUT2D eigenvalue weighted by molar-refractivity contribution is 6.28.